The fourth-order valence-electron chi connectivity index (χ4n) is 3.39. The van der Waals surface area contributed by atoms with E-state index in [2.05, 4.69) is 0 Å². The van der Waals surface area contributed by atoms with Crippen LogP contribution in [0.4, 0.5) is 0 Å². The Morgan fingerprint density at radius 1 is 1.18 bits per heavy atom. The molecule has 0 spiro atoms. The van der Waals surface area contributed by atoms with Crippen LogP contribution < -0.4 is 5.73 Å². The molecule has 0 aromatic carbocycles. The van der Waals surface area contributed by atoms with Crippen LogP contribution in [0, 0.1) is 5.92 Å². The first kappa shape index (κ1) is 12.9. The molecule has 1 aliphatic carbocycles. The van der Waals surface area contributed by atoms with Gasteiger partial charge >= 0.3 is 0 Å². The maximum atomic E-state index is 12.1. The Hall–Kier alpha value is -0.570. The van der Waals surface area contributed by atoms with E-state index in [4.69, 9.17) is 5.73 Å². The van der Waals surface area contributed by atoms with Crippen molar-refractivity contribution in [3.8, 4) is 0 Å². The standard InChI is InChI=1S/C14H26N2O/c15-11-13-8-4-10-16(13)14(17)9-3-7-12-5-1-2-6-12/h12-13H,1-11,15H2. The molecule has 2 rings (SSSR count). The number of nitrogens with two attached hydrogens (primary N) is 1. The minimum atomic E-state index is 0.328. The first-order valence-electron chi connectivity index (χ1n) is 7.31. The summed E-state index contributed by atoms with van der Waals surface area (Å²) in [6.07, 6.45) is 10.9. The van der Waals surface area contributed by atoms with Crippen LogP contribution >= 0.6 is 0 Å². The van der Waals surface area contributed by atoms with Gasteiger partial charge in [-0.05, 0) is 31.6 Å². The predicted octanol–water partition coefficient (Wildman–Crippen LogP) is 2.30. The van der Waals surface area contributed by atoms with Crippen molar-refractivity contribution in [1.82, 2.24) is 4.90 Å². The minimum Gasteiger partial charge on any atom is -0.338 e. The molecule has 0 bridgehead atoms. The van der Waals surface area contributed by atoms with Gasteiger partial charge in [0.05, 0.1) is 0 Å². The van der Waals surface area contributed by atoms with Crippen molar-refractivity contribution >= 4 is 5.91 Å². The lowest BCUT2D eigenvalue weighted by Crippen LogP contribution is -2.39. The Morgan fingerprint density at radius 3 is 2.65 bits per heavy atom. The van der Waals surface area contributed by atoms with Gasteiger partial charge < -0.3 is 10.6 Å². The third kappa shape index (κ3) is 3.44. The lowest BCUT2D eigenvalue weighted by molar-refractivity contribution is -0.132. The third-order valence-electron chi connectivity index (χ3n) is 4.45. The van der Waals surface area contributed by atoms with E-state index in [0.717, 1.165) is 38.1 Å². The van der Waals surface area contributed by atoms with Crippen LogP contribution in [-0.4, -0.2) is 29.9 Å². The van der Waals surface area contributed by atoms with Crippen LogP contribution in [0.1, 0.15) is 57.8 Å². The summed E-state index contributed by atoms with van der Waals surface area (Å²) in [6.45, 7) is 1.57. The highest BCUT2D eigenvalue weighted by molar-refractivity contribution is 5.76. The molecule has 1 atom stereocenters. The molecule has 2 fully saturated rings. The second kappa shape index (κ2) is 6.39. The van der Waals surface area contributed by atoms with Gasteiger partial charge in [-0.25, -0.2) is 0 Å². The van der Waals surface area contributed by atoms with Gasteiger partial charge in [0.1, 0.15) is 0 Å². The first-order chi connectivity index (χ1) is 8.31. The second-order valence-corrected chi connectivity index (χ2v) is 5.66. The summed E-state index contributed by atoms with van der Waals surface area (Å²) < 4.78 is 0. The zero-order chi connectivity index (χ0) is 12.1. The molecular weight excluding hydrogens is 212 g/mol. The summed E-state index contributed by atoms with van der Waals surface area (Å²) in [4.78, 5) is 14.1. The van der Waals surface area contributed by atoms with Crippen LogP contribution in [0.25, 0.3) is 0 Å². The molecule has 1 amide bonds. The summed E-state index contributed by atoms with van der Waals surface area (Å²) in [7, 11) is 0. The van der Waals surface area contributed by atoms with E-state index in [9.17, 15) is 4.79 Å². The average Bonchev–Trinajstić information content (AvgIpc) is 2.99. The van der Waals surface area contributed by atoms with Crippen molar-refractivity contribution in [2.45, 2.75) is 63.8 Å². The fraction of sp³-hybridized carbons (Fsp3) is 0.929. The lowest BCUT2D eigenvalue weighted by atomic mass is 10.0. The van der Waals surface area contributed by atoms with Crippen molar-refractivity contribution in [3.05, 3.63) is 0 Å². The van der Waals surface area contributed by atoms with Crippen LogP contribution in [-0.2, 0) is 4.79 Å². The topological polar surface area (TPSA) is 46.3 Å². The Morgan fingerprint density at radius 2 is 1.94 bits per heavy atom. The van der Waals surface area contributed by atoms with Gasteiger partial charge in [-0.3, -0.25) is 4.79 Å². The fourth-order valence-corrected chi connectivity index (χ4v) is 3.39. The van der Waals surface area contributed by atoms with Gasteiger partial charge in [0, 0.05) is 25.6 Å². The van der Waals surface area contributed by atoms with Crippen molar-refractivity contribution in [3.63, 3.8) is 0 Å². The Bertz CT molecular complexity index is 249. The number of likely N-dealkylation sites (tertiary alicyclic amines) is 1. The van der Waals surface area contributed by atoms with Crippen molar-refractivity contribution in [1.29, 1.82) is 0 Å². The number of nitrogens with zero attached hydrogens (tertiary/aromatic N) is 1. The summed E-state index contributed by atoms with van der Waals surface area (Å²) in [6, 6.07) is 0.328. The predicted molar refractivity (Wildman–Crippen MR) is 69.6 cm³/mol. The van der Waals surface area contributed by atoms with E-state index in [1.54, 1.807) is 0 Å². The maximum absolute atomic E-state index is 12.1. The highest BCUT2D eigenvalue weighted by Gasteiger charge is 2.27. The number of amides is 1. The molecule has 1 unspecified atom stereocenters. The molecule has 0 aromatic rings. The molecule has 3 nitrogen and oxygen atoms in total. The zero-order valence-electron chi connectivity index (χ0n) is 10.9. The first-order valence-corrected chi connectivity index (χ1v) is 7.31. The molecule has 1 saturated carbocycles. The molecule has 0 radical (unpaired) electrons. The summed E-state index contributed by atoms with van der Waals surface area (Å²) in [5, 5.41) is 0. The molecule has 2 aliphatic rings. The SMILES string of the molecule is NCC1CCCN1C(=O)CCCC1CCCC1. The molecule has 98 valence electrons. The zero-order valence-corrected chi connectivity index (χ0v) is 10.9. The molecule has 1 saturated heterocycles. The van der Waals surface area contributed by atoms with Gasteiger partial charge in [-0.15, -0.1) is 0 Å². The monoisotopic (exact) mass is 238 g/mol. The Kier molecular flexibility index (Phi) is 4.84. The molecule has 17 heavy (non-hydrogen) atoms. The van der Waals surface area contributed by atoms with Crippen LogP contribution in [0.5, 0.6) is 0 Å². The highest BCUT2D eigenvalue weighted by Crippen LogP contribution is 2.29. The van der Waals surface area contributed by atoms with Crippen LogP contribution in [0.15, 0.2) is 0 Å². The molecule has 0 aromatic heterocycles. The molecule has 1 heterocycles. The number of hydrogen-bond acceptors (Lipinski definition) is 2. The summed E-state index contributed by atoms with van der Waals surface area (Å²) >= 11 is 0. The van der Waals surface area contributed by atoms with Crippen molar-refractivity contribution in [2.24, 2.45) is 11.7 Å². The minimum absolute atomic E-state index is 0.328. The van der Waals surface area contributed by atoms with Gasteiger partial charge in [0.2, 0.25) is 5.91 Å². The van der Waals surface area contributed by atoms with E-state index >= 15 is 0 Å². The van der Waals surface area contributed by atoms with Crippen molar-refractivity contribution < 1.29 is 4.79 Å². The second-order valence-electron chi connectivity index (χ2n) is 5.66. The smallest absolute Gasteiger partial charge is 0.222 e. The molecule has 3 heteroatoms. The number of carbonyl (C=O) groups excluding carboxylic acids is 1. The van der Waals surface area contributed by atoms with Crippen LogP contribution in [0.2, 0.25) is 0 Å². The van der Waals surface area contributed by atoms with Gasteiger partial charge in [-0.1, -0.05) is 25.7 Å². The quantitative estimate of drug-likeness (QED) is 0.799. The average molecular weight is 238 g/mol. The summed E-state index contributed by atoms with van der Waals surface area (Å²) in [5.74, 6) is 1.25. The molecular formula is C14H26N2O. The lowest BCUT2D eigenvalue weighted by Gasteiger charge is -2.23. The van der Waals surface area contributed by atoms with Crippen LogP contribution in [0.3, 0.4) is 0 Å². The van der Waals surface area contributed by atoms with E-state index in [1.165, 1.54) is 32.1 Å². The third-order valence-corrected chi connectivity index (χ3v) is 4.45. The summed E-state index contributed by atoms with van der Waals surface area (Å²) in [5.41, 5.74) is 5.70. The number of rotatable bonds is 5. The van der Waals surface area contributed by atoms with E-state index in [-0.39, 0.29) is 0 Å². The Labute approximate surface area is 105 Å². The largest absolute Gasteiger partial charge is 0.338 e. The molecule has 2 N–H and O–H groups in total. The van der Waals surface area contributed by atoms with E-state index in [0.29, 0.717) is 18.5 Å². The maximum Gasteiger partial charge on any atom is 0.222 e. The van der Waals surface area contributed by atoms with Gasteiger partial charge in [0.15, 0.2) is 0 Å². The van der Waals surface area contributed by atoms with Crippen molar-refractivity contribution in [2.75, 3.05) is 13.1 Å². The van der Waals surface area contributed by atoms with E-state index < -0.39 is 0 Å². The van der Waals surface area contributed by atoms with Gasteiger partial charge in [-0.2, -0.15) is 0 Å². The van der Waals surface area contributed by atoms with Gasteiger partial charge in [0.25, 0.3) is 0 Å². The molecule has 1 aliphatic heterocycles. The number of hydrogen-bond donors (Lipinski definition) is 1. The number of carbonyl (C=O) groups is 1. The highest BCUT2D eigenvalue weighted by atomic mass is 16.2. The normalized spacial score (nSPS) is 25.7. The Balaban J connectivity index is 1.66. The van der Waals surface area contributed by atoms with E-state index in [1.807, 2.05) is 4.90 Å².